The van der Waals surface area contributed by atoms with Gasteiger partial charge in [0.2, 0.25) is 0 Å². The molecule has 0 aromatic heterocycles. The van der Waals surface area contributed by atoms with E-state index in [0.717, 1.165) is 13.1 Å². The Balaban J connectivity index is 1.65. The van der Waals surface area contributed by atoms with E-state index in [1.54, 1.807) is 0 Å². The third-order valence-electron chi connectivity index (χ3n) is 4.10. The molecule has 0 bridgehead atoms. The largest absolute Gasteiger partial charge is 0.337 e. The second-order valence-corrected chi connectivity index (χ2v) is 5.94. The first-order chi connectivity index (χ1) is 10.1. The molecule has 1 aliphatic rings. The fraction of sp³-hybridized carbons (Fsp3) is 0.588. The van der Waals surface area contributed by atoms with Gasteiger partial charge in [-0.1, -0.05) is 30.2 Å². The van der Waals surface area contributed by atoms with Crippen LogP contribution >= 0.6 is 0 Å². The lowest BCUT2D eigenvalue weighted by Crippen LogP contribution is -2.41. The van der Waals surface area contributed by atoms with E-state index in [2.05, 4.69) is 47.6 Å². The lowest BCUT2D eigenvalue weighted by molar-refractivity contribution is 0.220. The van der Waals surface area contributed by atoms with Crippen LogP contribution in [-0.4, -0.2) is 37.1 Å². The normalized spacial score (nSPS) is 15.7. The van der Waals surface area contributed by atoms with Crippen molar-refractivity contribution >= 4 is 6.03 Å². The van der Waals surface area contributed by atoms with Crippen molar-refractivity contribution in [1.29, 1.82) is 0 Å². The van der Waals surface area contributed by atoms with Gasteiger partial charge < -0.3 is 15.5 Å². The molecule has 0 radical (unpaired) electrons. The Morgan fingerprint density at radius 3 is 2.62 bits per heavy atom. The van der Waals surface area contributed by atoms with Crippen molar-refractivity contribution in [2.24, 2.45) is 0 Å². The summed E-state index contributed by atoms with van der Waals surface area (Å²) in [5.74, 6) is 0. The number of rotatable bonds is 5. The third kappa shape index (κ3) is 5.38. The maximum Gasteiger partial charge on any atom is 0.315 e. The predicted molar refractivity (Wildman–Crippen MR) is 86.4 cm³/mol. The summed E-state index contributed by atoms with van der Waals surface area (Å²) >= 11 is 0. The zero-order chi connectivity index (χ0) is 15.1. The molecule has 21 heavy (non-hydrogen) atoms. The summed E-state index contributed by atoms with van der Waals surface area (Å²) in [6, 6.07) is 6.23. The highest BCUT2D eigenvalue weighted by atomic mass is 16.2. The first-order valence-electron chi connectivity index (χ1n) is 7.95. The summed E-state index contributed by atoms with van der Waals surface area (Å²) in [5.41, 5.74) is 3.65. The van der Waals surface area contributed by atoms with Crippen molar-refractivity contribution in [2.45, 2.75) is 39.7 Å². The van der Waals surface area contributed by atoms with Crippen LogP contribution in [0.2, 0.25) is 0 Å². The van der Waals surface area contributed by atoms with Gasteiger partial charge in [0.25, 0.3) is 0 Å². The molecule has 1 aliphatic heterocycles. The third-order valence-corrected chi connectivity index (χ3v) is 4.10. The van der Waals surface area contributed by atoms with Gasteiger partial charge in [0.15, 0.2) is 0 Å². The SMILES string of the molecule is Cc1ccc(CNC(=O)NCCN2CCCCC2)c(C)c1. The van der Waals surface area contributed by atoms with Gasteiger partial charge in [-0.2, -0.15) is 0 Å². The number of likely N-dealkylation sites (tertiary alicyclic amines) is 1. The number of nitrogens with zero attached hydrogens (tertiary/aromatic N) is 1. The van der Waals surface area contributed by atoms with Crippen LogP contribution in [0.3, 0.4) is 0 Å². The van der Waals surface area contributed by atoms with Crippen LogP contribution in [0.4, 0.5) is 4.79 Å². The first kappa shape index (κ1) is 15.8. The summed E-state index contributed by atoms with van der Waals surface area (Å²) in [7, 11) is 0. The highest BCUT2D eigenvalue weighted by Crippen LogP contribution is 2.10. The zero-order valence-corrected chi connectivity index (χ0v) is 13.2. The number of benzene rings is 1. The van der Waals surface area contributed by atoms with Crippen molar-refractivity contribution in [1.82, 2.24) is 15.5 Å². The second kappa shape index (κ2) is 8.03. The van der Waals surface area contributed by atoms with E-state index in [1.165, 1.54) is 49.0 Å². The summed E-state index contributed by atoms with van der Waals surface area (Å²) in [5, 5.41) is 5.87. The topological polar surface area (TPSA) is 44.4 Å². The van der Waals surface area contributed by atoms with Crippen LogP contribution < -0.4 is 10.6 Å². The molecule has 0 saturated carbocycles. The van der Waals surface area contributed by atoms with Gasteiger partial charge in [-0.05, 0) is 50.9 Å². The first-order valence-corrected chi connectivity index (χ1v) is 7.95. The van der Waals surface area contributed by atoms with Gasteiger partial charge in [0.1, 0.15) is 0 Å². The molecule has 116 valence electrons. The van der Waals surface area contributed by atoms with Crippen LogP contribution in [0, 0.1) is 13.8 Å². The Morgan fingerprint density at radius 2 is 1.90 bits per heavy atom. The molecule has 2 amide bonds. The van der Waals surface area contributed by atoms with E-state index >= 15 is 0 Å². The Morgan fingerprint density at radius 1 is 1.14 bits per heavy atom. The van der Waals surface area contributed by atoms with Gasteiger partial charge in [-0.3, -0.25) is 0 Å². The summed E-state index contributed by atoms with van der Waals surface area (Å²) < 4.78 is 0. The molecule has 2 N–H and O–H groups in total. The van der Waals surface area contributed by atoms with Crippen molar-refractivity contribution < 1.29 is 4.79 Å². The van der Waals surface area contributed by atoms with Crippen LogP contribution in [0.1, 0.15) is 36.0 Å². The number of carbonyl (C=O) groups is 1. The van der Waals surface area contributed by atoms with E-state index in [-0.39, 0.29) is 6.03 Å². The minimum absolute atomic E-state index is 0.0769. The molecule has 0 spiro atoms. The second-order valence-electron chi connectivity index (χ2n) is 5.94. The monoisotopic (exact) mass is 289 g/mol. The molecule has 4 nitrogen and oxygen atoms in total. The Hall–Kier alpha value is -1.55. The van der Waals surface area contributed by atoms with E-state index in [0.29, 0.717) is 6.54 Å². The number of aryl methyl sites for hydroxylation is 2. The minimum atomic E-state index is -0.0769. The van der Waals surface area contributed by atoms with Crippen molar-refractivity contribution in [2.75, 3.05) is 26.2 Å². The molecule has 0 aliphatic carbocycles. The van der Waals surface area contributed by atoms with Crippen LogP contribution in [0.15, 0.2) is 18.2 Å². The number of hydrogen-bond acceptors (Lipinski definition) is 2. The smallest absolute Gasteiger partial charge is 0.315 e. The van der Waals surface area contributed by atoms with Crippen LogP contribution in [0.25, 0.3) is 0 Å². The fourth-order valence-corrected chi connectivity index (χ4v) is 2.79. The number of carbonyl (C=O) groups excluding carboxylic acids is 1. The van der Waals surface area contributed by atoms with E-state index < -0.39 is 0 Å². The molecule has 1 heterocycles. The van der Waals surface area contributed by atoms with Gasteiger partial charge >= 0.3 is 6.03 Å². The highest BCUT2D eigenvalue weighted by molar-refractivity contribution is 5.73. The number of amides is 2. The highest BCUT2D eigenvalue weighted by Gasteiger charge is 2.09. The lowest BCUT2D eigenvalue weighted by Gasteiger charge is -2.26. The number of urea groups is 1. The molecule has 0 unspecified atom stereocenters. The molecular formula is C17H27N3O. The Labute approximate surface area is 127 Å². The van der Waals surface area contributed by atoms with Gasteiger partial charge in [0, 0.05) is 19.6 Å². The number of piperidine rings is 1. The maximum absolute atomic E-state index is 11.8. The van der Waals surface area contributed by atoms with Gasteiger partial charge in [-0.15, -0.1) is 0 Å². The van der Waals surface area contributed by atoms with E-state index in [9.17, 15) is 4.79 Å². The Kier molecular flexibility index (Phi) is 6.05. The number of nitrogens with one attached hydrogen (secondary N) is 2. The molecule has 1 aromatic carbocycles. The molecule has 1 aromatic rings. The molecule has 4 heteroatoms. The van der Waals surface area contributed by atoms with E-state index in [4.69, 9.17) is 0 Å². The number of hydrogen-bond donors (Lipinski definition) is 2. The average Bonchev–Trinajstić information content (AvgIpc) is 2.47. The van der Waals surface area contributed by atoms with Crippen molar-refractivity contribution in [3.63, 3.8) is 0 Å². The lowest BCUT2D eigenvalue weighted by atomic mass is 10.1. The van der Waals surface area contributed by atoms with Crippen molar-refractivity contribution in [3.05, 3.63) is 34.9 Å². The van der Waals surface area contributed by atoms with Gasteiger partial charge in [-0.25, -0.2) is 4.79 Å². The standard InChI is InChI=1S/C17H27N3O/c1-14-6-7-16(15(2)12-14)13-19-17(21)18-8-11-20-9-4-3-5-10-20/h6-7,12H,3-5,8-11,13H2,1-2H3,(H2,18,19,21). The molecule has 2 rings (SSSR count). The van der Waals surface area contributed by atoms with E-state index in [1.807, 2.05) is 0 Å². The average molecular weight is 289 g/mol. The maximum atomic E-state index is 11.8. The van der Waals surface area contributed by atoms with Crippen LogP contribution in [-0.2, 0) is 6.54 Å². The molecule has 0 atom stereocenters. The van der Waals surface area contributed by atoms with Gasteiger partial charge in [0.05, 0.1) is 0 Å². The minimum Gasteiger partial charge on any atom is -0.337 e. The molecule has 1 saturated heterocycles. The Bertz CT molecular complexity index is 467. The summed E-state index contributed by atoms with van der Waals surface area (Å²) in [6.45, 7) is 8.77. The molecule has 1 fully saturated rings. The predicted octanol–water partition coefficient (Wildman–Crippen LogP) is 2.59. The van der Waals surface area contributed by atoms with Crippen molar-refractivity contribution in [3.8, 4) is 0 Å². The van der Waals surface area contributed by atoms with Crippen LogP contribution in [0.5, 0.6) is 0 Å². The molecular weight excluding hydrogens is 262 g/mol. The zero-order valence-electron chi connectivity index (χ0n) is 13.2. The summed E-state index contributed by atoms with van der Waals surface area (Å²) in [6.07, 6.45) is 3.93. The quantitative estimate of drug-likeness (QED) is 0.875. The fourth-order valence-electron chi connectivity index (χ4n) is 2.79. The summed E-state index contributed by atoms with van der Waals surface area (Å²) in [4.78, 5) is 14.2.